The van der Waals surface area contributed by atoms with E-state index in [1.165, 1.54) is 24.8 Å². The summed E-state index contributed by atoms with van der Waals surface area (Å²) in [6.45, 7) is 6.98. The zero-order valence-corrected chi connectivity index (χ0v) is 12.4. The monoisotopic (exact) mass is 271 g/mol. The molecule has 17 heavy (non-hydrogen) atoms. The first-order chi connectivity index (χ1) is 8.06. The van der Waals surface area contributed by atoms with Crippen LogP contribution < -0.4 is 5.32 Å². The molecule has 1 aliphatic rings. The Morgan fingerprint density at radius 1 is 1.41 bits per heavy atom. The second kappa shape index (κ2) is 5.73. The van der Waals surface area contributed by atoms with Crippen LogP contribution in [-0.2, 0) is 0 Å². The summed E-state index contributed by atoms with van der Waals surface area (Å²) in [5, 5.41) is 5.93. The first-order valence-electron chi connectivity index (χ1n) is 6.56. The van der Waals surface area contributed by atoms with E-state index in [2.05, 4.69) is 37.5 Å². The highest BCUT2D eigenvalue weighted by Crippen LogP contribution is 2.31. The molecule has 0 bridgehead atoms. The molecule has 0 radical (unpaired) electrons. The number of rotatable bonds is 3. The fraction of sp³-hybridized carbons (Fsp3) is 0.714. The molecule has 0 aliphatic heterocycles. The maximum absolute atomic E-state index is 5.99. The van der Waals surface area contributed by atoms with Gasteiger partial charge in [0.2, 0.25) is 0 Å². The van der Waals surface area contributed by atoms with Crippen molar-refractivity contribution in [3.8, 4) is 0 Å². The zero-order valence-electron chi connectivity index (χ0n) is 10.9. The van der Waals surface area contributed by atoms with Crippen molar-refractivity contribution in [2.75, 3.05) is 0 Å². The Labute approximate surface area is 114 Å². The lowest BCUT2D eigenvalue weighted by atomic mass is 9.79. The van der Waals surface area contributed by atoms with Gasteiger partial charge >= 0.3 is 0 Å². The predicted molar refractivity (Wildman–Crippen MR) is 76.8 cm³/mol. The fourth-order valence-corrected chi connectivity index (χ4v) is 3.87. The van der Waals surface area contributed by atoms with Crippen molar-refractivity contribution >= 4 is 22.9 Å². The third-order valence-electron chi connectivity index (χ3n) is 3.98. The minimum absolute atomic E-state index is 0.416. The van der Waals surface area contributed by atoms with E-state index < -0.39 is 0 Å². The Morgan fingerprint density at radius 3 is 2.76 bits per heavy atom. The van der Waals surface area contributed by atoms with E-state index in [9.17, 15) is 0 Å². The molecule has 96 valence electrons. The largest absolute Gasteiger partial charge is 0.307 e. The molecular formula is C14H22ClNS. The van der Waals surface area contributed by atoms with Gasteiger partial charge in [-0.25, -0.2) is 0 Å². The number of hydrogen-bond donors (Lipinski definition) is 1. The smallest absolute Gasteiger partial charge is 0.0931 e. The van der Waals surface area contributed by atoms with Gasteiger partial charge in [-0.1, -0.05) is 25.4 Å². The summed E-state index contributed by atoms with van der Waals surface area (Å²) in [5.41, 5.74) is 1.32. The zero-order chi connectivity index (χ0) is 12.4. The Hall–Kier alpha value is -0.0500. The Balaban J connectivity index is 1.92. The van der Waals surface area contributed by atoms with Crippen molar-refractivity contribution in [2.45, 2.75) is 52.1 Å². The molecule has 0 aromatic carbocycles. The van der Waals surface area contributed by atoms with Crippen molar-refractivity contribution in [1.82, 2.24) is 5.32 Å². The van der Waals surface area contributed by atoms with Crippen LogP contribution in [0.3, 0.4) is 0 Å². The van der Waals surface area contributed by atoms with Crippen LogP contribution in [0.15, 0.2) is 11.4 Å². The van der Waals surface area contributed by atoms with Gasteiger partial charge in [0.25, 0.3) is 0 Å². The van der Waals surface area contributed by atoms with Gasteiger partial charge in [-0.3, -0.25) is 0 Å². The van der Waals surface area contributed by atoms with Gasteiger partial charge in [-0.2, -0.15) is 0 Å². The molecule has 1 saturated carbocycles. The maximum atomic E-state index is 5.99. The van der Waals surface area contributed by atoms with Crippen molar-refractivity contribution in [3.05, 3.63) is 21.3 Å². The minimum atomic E-state index is 0.416. The van der Waals surface area contributed by atoms with Crippen LogP contribution in [0.1, 0.15) is 51.6 Å². The van der Waals surface area contributed by atoms with Crippen LogP contribution in [-0.4, -0.2) is 6.04 Å². The molecule has 1 aromatic heterocycles. The molecule has 1 nitrogen and oxygen atoms in total. The van der Waals surface area contributed by atoms with Crippen LogP contribution in [0.2, 0.25) is 4.34 Å². The minimum Gasteiger partial charge on any atom is -0.307 e. The Kier molecular flexibility index (Phi) is 4.51. The molecule has 1 N–H and O–H groups in total. The van der Waals surface area contributed by atoms with Crippen molar-refractivity contribution < 1.29 is 0 Å². The van der Waals surface area contributed by atoms with Gasteiger partial charge in [-0.05, 0) is 55.0 Å². The van der Waals surface area contributed by atoms with Gasteiger partial charge in [-0.15, -0.1) is 11.3 Å². The molecule has 0 saturated heterocycles. The van der Waals surface area contributed by atoms with Gasteiger partial charge in [0.05, 0.1) is 4.34 Å². The Morgan fingerprint density at radius 2 is 2.18 bits per heavy atom. The van der Waals surface area contributed by atoms with Crippen LogP contribution in [0.5, 0.6) is 0 Å². The van der Waals surface area contributed by atoms with Gasteiger partial charge in [0.15, 0.2) is 0 Å². The standard InChI is InChI=1S/C14H22ClNS/c1-9-4-5-13(10(2)6-9)16-11(3)12-7-14(15)17-8-12/h7-11,13,16H,4-6H2,1-3H3. The Bertz CT molecular complexity index is 363. The third-order valence-corrected chi connectivity index (χ3v) is 5.09. The molecule has 1 heterocycles. The number of halogens is 1. The topological polar surface area (TPSA) is 12.0 Å². The molecule has 1 aliphatic carbocycles. The quantitative estimate of drug-likeness (QED) is 0.826. The second-order valence-corrected chi connectivity index (χ2v) is 7.12. The highest BCUT2D eigenvalue weighted by atomic mass is 35.5. The fourth-order valence-electron chi connectivity index (χ4n) is 2.88. The van der Waals surface area contributed by atoms with Crippen molar-refractivity contribution in [3.63, 3.8) is 0 Å². The molecule has 2 rings (SSSR count). The highest BCUT2D eigenvalue weighted by molar-refractivity contribution is 7.14. The van der Waals surface area contributed by atoms with E-state index in [1.807, 2.05) is 0 Å². The molecule has 0 amide bonds. The lowest BCUT2D eigenvalue weighted by Gasteiger charge is -2.35. The van der Waals surface area contributed by atoms with Crippen molar-refractivity contribution in [1.29, 1.82) is 0 Å². The number of hydrogen-bond acceptors (Lipinski definition) is 2. The van der Waals surface area contributed by atoms with E-state index in [4.69, 9.17) is 11.6 Å². The van der Waals surface area contributed by atoms with E-state index in [1.54, 1.807) is 11.3 Å². The second-order valence-electron chi connectivity index (χ2n) is 5.57. The summed E-state index contributed by atoms with van der Waals surface area (Å²) in [5.74, 6) is 1.68. The molecule has 1 fully saturated rings. The maximum Gasteiger partial charge on any atom is 0.0931 e. The first-order valence-corrected chi connectivity index (χ1v) is 7.82. The van der Waals surface area contributed by atoms with Crippen LogP contribution in [0.25, 0.3) is 0 Å². The number of nitrogens with one attached hydrogen (secondary N) is 1. The highest BCUT2D eigenvalue weighted by Gasteiger charge is 2.26. The van der Waals surface area contributed by atoms with E-state index >= 15 is 0 Å². The molecule has 1 aromatic rings. The van der Waals surface area contributed by atoms with Gasteiger partial charge < -0.3 is 5.32 Å². The normalized spacial score (nSPS) is 31.4. The van der Waals surface area contributed by atoms with Crippen molar-refractivity contribution in [2.24, 2.45) is 11.8 Å². The van der Waals surface area contributed by atoms with Crippen LogP contribution in [0.4, 0.5) is 0 Å². The lowest BCUT2D eigenvalue weighted by molar-refractivity contribution is 0.216. The van der Waals surface area contributed by atoms with E-state index in [-0.39, 0.29) is 0 Å². The summed E-state index contributed by atoms with van der Waals surface area (Å²) < 4.78 is 0.888. The average Bonchev–Trinajstić information content (AvgIpc) is 2.69. The molecule has 0 spiro atoms. The predicted octanol–water partition coefficient (Wildman–Crippen LogP) is 4.88. The van der Waals surface area contributed by atoms with Crippen LogP contribution >= 0.6 is 22.9 Å². The molecule has 4 atom stereocenters. The molecular weight excluding hydrogens is 250 g/mol. The van der Waals surface area contributed by atoms with E-state index in [0.29, 0.717) is 12.1 Å². The van der Waals surface area contributed by atoms with Gasteiger partial charge in [0, 0.05) is 12.1 Å². The van der Waals surface area contributed by atoms with E-state index in [0.717, 1.165) is 16.2 Å². The first kappa shape index (κ1) is 13.4. The summed E-state index contributed by atoms with van der Waals surface area (Å²) in [6.07, 6.45) is 4.03. The molecule has 3 heteroatoms. The summed E-state index contributed by atoms with van der Waals surface area (Å²) in [4.78, 5) is 0. The van der Waals surface area contributed by atoms with Crippen LogP contribution in [0, 0.1) is 11.8 Å². The molecule has 4 unspecified atom stereocenters. The third kappa shape index (κ3) is 3.46. The average molecular weight is 272 g/mol. The summed E-state index contributed by atoms with van der Waals surface area (Å²) in [7, 11) is 0. The van der Waals surface area contributed by atoms with Gasteiger partial charge in [0.1, 0.15) is 0 Å². The SMILES string of the molecule is CC1CCC(NC(C)c2csc(Cl)c2)C(C)C1. The summed E-state index contributed by atoms with van der Waals surface area (Å²) >= 11 is 7.61. The lowest BCUT2D eigenvalue weighted by Crippen LogP contribution is -2.40. The number of thiophene rings is 1. The summed E-state index contributed by atoms with van der Waals surface area (Å²) in [6, 6.07) is 3.17.